The number of hydrogen-bond donors (Lipinski definition) is 1. The van der Waals surface area contributed by atoms with Gasteiger partial charge in [-0.25, -0.2) is 0 Å². The summed E-state index contributed by atoms with van der Waals surface area (Å²) in [4.78, 5) is 24.1. The van der Waals surface area contributed by atoms with Gasteiger partial charge >= 0.3 is 5.97 Å². The maximum Gasteiger partial charge on any atom is 0.309 e. The molecule has 0 aromatic carbocycles. The average molecular weight is 264 g/mol. The third-order valence-electron chi connectivity index (χ3n) is 5.46. The first-order valence-corrected chi connectivity index (χ1v) is 6.94. The third-order valence-corrected chi connectivity index (χ3v) is 5.46. The van der Waals surface area contributed by atoms with Gasteiger partial charge in [-0.1, -0.05) is 13.8 Å². The highest BCUT2D eigenvalue weighted by Gasteiger charge is 2.62. The highest BCUT2D eigenvalue weighted by Crippen LogP contribution is 2.56. The minimum absolute atomic E-state index is 0.0399. The molecule has 0 spiro atoms. The summed E-state index contributed by atoms with van der Waals surface area (Å²) in [5, 5.41) is 10.6. The fourth-order valence-corrected chi connectivity index (χ4v) is 4.29. The van der Waals surface area contributed by atoms with Crippen molar-refractivity contribution >= 4 is 11.8 Å². The van der Waals surface area contributed by atoms with Crippen molar-refractivity contribution < 1.29 is 19.4 Å². The van der Waals surface area contributed by atoms with Gasteiger partial charge in [0.25, 0.3) is 0 Å². The molecular formula is C15H20O4. The zero-order chi connectivity index (χ0) is 14.0. The van der Waals surface area contributed by atoms with Gasteiger partial charge < -0.3 is 9.84 Å². The molecule has 0 bridgehead atoms. The Morgan fingerprint density at radius 3 is 2.74 bits per heavy atom. The van der Waals surface area contributed by atoms with Crippen LogP contribution in [0.1, 0.15) is 33.6 Å². The lowest BCUT2D eigenvalue weighted by molar-refractivity contribution is -0.167. The van der Waals surface area contributed by atoms with Crippen molar-refractivity contribution in [3.8, 4) is 0 Å². The molecule has 0 unspecified atom stereocenters. The highest BCUT2D eigenvalue weighted by atomic mass is 16.6. The fourth-order valence-electron chi connectivity index (χ4n) is 4.29. The molecule has 104 valence electrons. The number of aliphatic hydroxyl groups is 1. The van der Waals surface area contributed by atoms with Crippen molar-refractivity contribution in [2.75, 3.05) is 0 Å². The van der Waals surface area contributed by atoms with Gasteiger partial charge in [-0.3, -0.25) is 9.59 Å². The molecule has 1 saturated carbocycles. The summed E-state index contributed by atoms with van der Waals surface area (Å²) in [5.74, 6) is -0.511. The Bertz CT molecular complexity index is 479. The number of hydrogen-bond acceptors (Lipinski definition) is 4. The lowest BCUT2D eigenvalue weighted by atomic mass is 9.53. The summed E-state index contributed by atoms with van der Waals surface area (Å²) in [6.07, 6.45) is 4.21. The molecule has 3 aliphatic rings. The summed E-state index contributed by atoms with van der Waals surface area (Å²) in [7, 11) is 0. The number of carbonyl (C=O) groups excluding carboxylic acids is 2. The minimum Gasteiger partial charge on any atom is -0.461 e. The number of ether oxygens (including phenoxy) is 1. The number of esters is 1. The van der Waals surface area contributed by atoms with E-state index in [1.165, 1.54) is 6.08 Å². The smallest absolute Gasteiger partial charge is 0.309 e. The average Bonchev–Trinajstić information content (AvgIpc) is 2.60. The SMILES string of the molecule is C[C@@H]1C(=O)O[C@@H]2[C@@H]1CC[C@]1(C)C(=O)C=C[C@](C)(O)[C@H]21. The quantitative estimate of drug-likeness (QED) is 0.673. The fraction of sp³-hybridized carbons (Fsp3) is 0.733. The Balaban J connectivity index is 2.07. The zero-order valence-corrected chi connectivity index (χ0v) is 11.6. The first kappa shape index (κ1) is 12.9. The summed E-state index contributed by atoms with van der Waals surface area (Å²) in [6, 6.07) is 0. The Kier molecular flexibility index (Phi) is 2.50. The van der Waals surface area contributed by atoms with E-state index in [-0.39, 0.29) is 35.6 Å². The predicted octanol–water partition coefficient (Wildman–Crippen LogP) is 1.47. The van der Waals surface area contributed by atoms with Crippen molar-refractivity contribution in [3.05, 3.63) is 12.2 Å². The number of carbonyl (C=O) groups is 2. The van der Waals surface area contributed by atoms with Gasteiger partial charge in [0.2, 0.25) is 0 Å². The van der Waals surface area contributed by atoms with Gasteiger partial charge in [-0.05, 0) is 31.9 Å². The zero-order valence-electron chi connectivity index (χ0n) is 11.6. The van der Waals surface area contributed by atoms with E-state index in [1.54, 1.807) is 13.0 Å². The molecule has 2 fully saturated rings. The minimum atomic E-state index is -1.10. The number of allylic oxidation sites excluding steroid dienone is 1. The molecule has 6 atom stereocenters. The second kappa shape index (κ2) is 3.69. The standard InChI is InChI=1S/C15H20O4/c1-8-9-4-6-14(2)10(16)5-7-15(3,18)12(14)11(9)19-13(8)17/h5,7-9,11-12,18H,4,6H2,1-3H3/t8-,9+,11+,12+,14+,15-/m0/s1. The second-order valence-electron chi connectivity index (χ2n) is 6.71. The largest absolute Gasteiger partial charge is 0.461 e. The first-order valence-electron chi connectivity index (χ1n) is 6.94. The maximum absolute atomic E-state index is 12.3. The molecule has 1 saturated heterocycles. The van der Waals surface area contributed by atoms with E-state index in [2.05, 4.69) is 0 Å². The van der Waals surface area contributed by atoms with Gasteiger partial charge in [-0.15, -0.1) is 0 Å². The predicted molar refractivity (Wildman–Crippen MR) is 68.1 cm³/mol. The van der Waals surface area contributed by atoms with Crippen molar-refractivity contribution in [1.29, 1.82) is 0 Å². The molecule has 0 aromatic rings. The molecular weight excluding hydrogens is 244 g/mol. The van der Waals surface area contributed by atoms with Crippen LogP contribution in [0.2, 0.25) is 0 Å². The van der Waals surface area contributed by atoms with Crippen LogP contribution in [0.25, 0.3) is 0 Å². The third kappa shape index (κ3) is 1.55. The molecule has 4 nitrogen and oxygen atoms in total. The lowest BCUT2D eigenvalue weighted by Crippen LogP contribution is -2.59. The molecule has 2 aliphatic carbocycles. The molecule has 0 radical (unpaired) electrons. The monoisotopic (exact) mass is 264 g/mol. The van der Waals surface area contributed by atoms with Crippen molar-refractivity contribution in [2.24, 2.45) is 23.2 Å². The number of ketones is 1. The lowest BCUT2D eigenvalue weighted by Gasteiger charge is -2.52. The molecule has 4 heteroatoms. The van der Waals surface area contributed by atoms with E-state index < -0.39 is 11.0 Å². The Labute approximate surface area is 112 Å². The van der Waals surface area contributed by atoms with Crippen LogP contribution in [0.3, 0.4) is 0 Å². The van der Waals surface area contributed by atoms with Crippen LogP contribution in [0.15, 0.2) is 12.2 Å². The maximum atomic E-state index is 12.3. The summed E-state index contributed by atoms with van der Waals surface area (Å²) < 4.78 is 5.51. The summed E-state index contributed by atoms with van der Waals surface area (Å²) in [6.45, 7) is 5.48. The van der Waals surface area contributed by atoms with Crippen LogP contribution in [-0.4, -0.2) is 28.6 Å². The second-order valence-corrected chi connectivity index (χ2v) is 6.71. The molecule has 1 N–H and O–H groups in total. The van der Waals surface area contributed by atoms with Gasteiger partial charge in [0.15, 0.2) is 5.78 Å². The van der Waals surface area contributed by atoms with E-state index in [1.807, 2.05) is 13.8 Å². The van der Waals surface area contributed by atoms with E-state index in [0.29, 0.717) is 6.42 Å². The molecule has 1 heterocycles. The van der Waals surface area contributed by atoms with Gasteiger partial charge in [0.1, 0.15) is 6.10 Å². The van der Waals surface area contributed by atoms with Crippen molar-refractivity contribution in [2.45, 2.75) is 45.3 Å². The molecule has 19 heavy (non-hydrogen) atoms. The Morgan fingerprint density at radius 2 is 2.05 bits per heavy atom. The molecule has 0 amide bonds. The van der Waals surface area contributed by atoms with Crippen LogP contribution in [-0.2, 0) is 14.3 Å². The highest BCUT2D eigenvalue weighted by molar-refractivity contribution is 5.96. The van der Waals surface area contributed by atoms with Crippen LogP contribution < -0.4 is 0 Å². The van der Waals surface area contributed by atoms with Crippen LogP contribution in [0.5, 0.6) is 0 Å². The van der Waals surface area contributed by atoms with Crippen molar-refractivity contribution in [3.63, 3.8) is 0 Å². The van der Waals surface area contributed by atoms with E-state index in [0.717, 1.165) is 6.42 Å². The Morgan fingerprint density at radius 1 is 1.37 bits per heavy atom. The normalized spacial score (nSPS) is 52.6. The molecule has 0 aromatic heterocycles. The Hall–Kier alpha value is -1.16. The topological polar surface area (TPSA) is 63.6 Å². The number of fused-ring (bicyclic) bond motifs is 3. The van der Waals surface area contributed by atoms with Crippen LogP contribution in [0.4, 0.5) is 0 Å². The van der Waals surface area contributed by atoms with Crippen LogP contribution in [0, 0.1) is 23.2 Å². The van der Waals surface area contributed by atoms with Crippen LogP contribution >= 0.6 is 0 Å². The summed E-state index contributed by atoms with van der Waals surface area (Å²) >= 11 is 0. The van der Waals surface area contributed by atoms with E-state index >= 15 is 0 Å². The molecule has 1 aliphatic heterocycles. The van der Waals surface area contributed by atoms with E-state index in [9.17, 15) is 14.7 Å². The van der Waals surface area contributed by atoms with E-state index in [4.69, 9.17) is 4.74 Å². The first-order chi connectivity index (χ1) is 8.77. The molecule has 3 rings (SSSR count). The van der Waals surface area contributed by atoms with Gasteiger partial charge in [-0.2, -0.15) is 0 Å². The summed E-state index contributed by atoms with van der Waals surface area (Å²) in [5.41, 5.74) is -1.72. The van der Waals surface area contributed by atoms with Crippen molar-refractivity contribution in [1.82, 2.24) is 0 Å². The number of rotatable bonds is 0. The van der Waals surface area contributed by atoms with Gasteiger partial charge in [0.05, 0.1) is 11.5 Å². The van der Waals surface area contributed by atoms with Gasteiger partial charge in [0, 0.05) is 17.3 Å².